The molecule has 0 amide bonds. The molecule has 1 aliphatic heterocycles. The first-order chi connectivity index (χ1) is 9.92. The molecule has 0 bridgehead atoms. The predicted molar refractivity (Wildman–Crippen MR) is 85.6 cm³/mol. The van der Waals surface area contributed by atoms with Gasteiger partial charge < -0.3 is 14.4 Å². The number of nitrogens with zero attached hydrogens (tertiary/aromatic N) is 5. The van der Waals surface area contributed by atoms with Crippen LogP contribution in [-0.2, 0) is 0 Å². The molecule has 1 fully saturated rings. The van der Waals surface area contributed by atoms with Gasteiger partial charge in [-0.2, -0.15) is 0 Å². The van der Waals surface area contributed by atoms with Crippen LogP contribution in [0.15, 0.2) is 23.2 Å². The van der Waals surface area contributed by atoms with Crippen molar-refractivity contribution in [3.63, 3.8) is 0 Å². The van der Waals surface area contributed by atoms with Crippen molar-refractivity contribution >= 4 is 27.4 Å². The molecule has 0 spiro atoms. The van der Waals surface area contributed by atoms with Crippen LogP contribution in [0.5, 0.6) is 0 Å². The molecular weight excluding hydrogens is 334 g/mol. The Morgan fingerprint density at radius 3 is 2.67 bits per heavy atom. The minimum Gasteiger partial charge on any atom is -0.389 e. The van der Waals surface area contributed by atoms with Crippen LogP contribution in [0.2, 0.25) is 0 Å². The number of fused-ring (bicyclic) bond motifs is 1. The summed E-state index contributed by atoms with van der Waals surface area (Å²) in [4.78, 5) is 13.5. The third kappa shape index (κ3) is 3.36. The topological polar surface area (TPSA) is 56.9 Å². The highest BCUT2D eigenvalue weighted by atomic mass is 79.9. The van der Waals surface area contributed by atoms with Gasteiger partial charge in [-0.15, -0.1) is 0 Å². The van der Waals surface area contributed by atoms with E-state index in [1.807, 2.05) is 30.6 Å². The molecule has 0 saturated carbocycles. The van der Waals surface area contributed by atoms with Gasteiger partial charge in [0.25, 0.3) is 0 Å². The number of aliphatic hydroxyl groups is 1. The number of hydrogen-bond acceptors (Lipinski definition) is 5. The standard InChI is InChI=1S/C14H20BrN5O/c1-14(2,21)10-18-5-7-19(8-6-18)13-12-16-3-4-20(12)9-11(15)17-13/h3-4,9,21H,5-8,10H2,1-2H3. The van der Waals surface area contributed by atoms with Gasteiger partial charge in [0.05, 0.1) is 5.60 Å². The summed E-state index contributed by atoms with van der Waals surface area (Å²) in [5.41, 5.74) is 0.237. The van der Waals surface area contributed by atoms with E-state index in [0.29, 0.717) is 6.54 Å². The highest BCUT2D eigenvalue weighted by Crippen LogP contribution is 2.22. The van der Waals surface area contributed by atoms with E-state index in [9.17, 15) is 5.11 Å². The lowest BCUT2D eigenvalue weighted by Crippen LogP contribution is -2.50. The number of piperazine rings is 1. The average Bonchev–Trinajstić information content (AvgIpc) is 2.85. The average molecular weight is 354 g/mol. The second-order valence-corrected chi connectivity index (χ2v) is 6.93. The largest absolute Gasteiger partial charge is 0.389 e. The Labute approximate surface area is 132 Å². The molecule has 3 heterocycles. The minimum atomic E-state index is -0.646. The molecule has 7 heteroatoms. The second kappa shape index (κ2) is 5.55. The number of β-amino-alcohol motifs (C(OH)–C–C–N with tert-alkyl or cyclic N) is 1. The van der Waals surface area contributed by atoms with Crippen LogP contribution in [0.3, 0.4) is 0 Å². The Hall–Kier alpha value is -1.18. The molecule has 114 valence electrons. The molecule has 0 aliphatic carbocycles. The van der Waals surface area contributed by atoms with Crippen molar-refractivity contribution < 1.29 is 5.11 Å². The van der Waals surface area contributed by atoms with E-state index in [4.69, 9.17) is 0 Å². The van der Waals surface area contributed by atoms with Crippen LogP contribution in [0.1, 0.15) is 13.8 Å². The van der Waals surface area contributed by atoms with Crippen molar-refractivity contribution in [3.8, 4) is 0 Å². The second-order valence-electron chi connectivity index (χ2n) is 6.12. The van der Waals surface area contributed by atoms with Crippen molar-refractivity contribution in [3.05, 3.63) is 23.2 Å². The highest BCUT2D eigenvalue weighted by Gasteiger charge is 2.24. The number of hydrogen-bond donors (Lipinski definition) is 1. The smallest absolute Gasteiger partial charge is 0.180 e. The summed E-state index contributed by atoms with van der Waals surface area (Å²) < 4.78 is 2.79. The van der Waals surface area contributed by atoms with Crippen LogP contribution in [-0.4, -0.2) is 62.7 Å². The molecule has 6 nitrogen and oxygen atoms in total. The van der Waals surface area contributed by atoms with E-state index < -0.39 is 5.60 Å². The number of imidazole rings is 1. The first-order valence-electron chi connectivity index (χ1n) is 7.11. The van der Waals surface area contributed by atoms with Gasteiger partial charge in [-0.1, -0.05) is 0 Å². The molecule has 21 heavy (non-hydrogen) atoms. The Kier molecular flexibility index (Phi) is 3.90. The monoisotopic (exact) mass is 353 g/mol. The third-order valence-electron chi connectivity index (χ3n) is 3.61. The summed E-state index contributed by atoms with van der Waals surface area (Å²) in [6.45, 7) is 8.03. The zero-order valence-electron chi connectivity index (χ0n) is 12.3. The maximum Gasteiger partial charge on any atom is 0.180 e. The lowest BCUT2D eigenvalue weighted by Gasteiger charge is -2.37. The normalized spacial score (nSPS) is 17.6. The lowest BCUT2D eigenvalue weighted by atomic mass is 10.1. The van der Waals surface area contributed by atoms with Crippen LogP contribution >= 0.6 is 15.9 Å². The van der Waals surface area contributed by atoms with E-state index in [1.165, 1.54) is 0 Å². The van der Waals surface area contributed by atoms with Gasteiger partial charge in [0.15, 0.2) is 11.5 Å². The van der Waals surface area contributed by atoms with Crippen molar-refractivity contribution in [2.45, 2.75) is 19.4 Å². The van der Waals surface area contributed by atoms with Crippen LogP contribution in [0.25, 0.3) is 5.65 Å². The predicted octanol–water partition coefficient (Wildman–Crippen LogP) is 1.38. The Balaban J connectivity index is 1.75. The fourth-order valence-corrected chi connectivity index (χ4v) is 3.15. The van der Waals surface area contributed by atoms with Crippen molar-refractivity contribution in [1.29, 1.82) is 0 Å². The molecule has 1 aliphatic rings. The van der Waals surface area contributed by atoms with Crippen LogP contribution in [0, 0.1) is 0 Å². The number of halogens is 1. The van der Waals surface area contributed by atoms with Crippen molar-refractivity contribution in [2.24, 2.45) is 0 Å². The number of rotatable bonds is 3. The minimum absolute atomic E-state index is 0.646. The molecule has 0 aromatic carbocycles. The summed E-state index contributed by atoms with van der Waals surface area (Å²) in [7, 11) is 0. The summed E-state index contributed by atoms with van der Waals surface area (Å²) in [6, 6.07) is 0. The zero-order valence-corrected chi connectivity index (χ0v) is 13.9. The summed E-state index contributed by atoms with van der Waals surface area (Å²) >= 11 is 3.46. The van der Waals surface area contributed by atoms with E-state index in [2.05, 4.69) is 35.7 Å². The van der Waals surface area contributed by atoms with E-state index in [1.54, 1.807) is 6.20 Å². The van der Waals surface area contributed by atoms with Crippen molar-refractivity contribution in [1.82, 2.24) is 19.3 Å². The molecule has 1 saturated heterocycles. The van der Waals surface area contributed by atoms with Gasteiger partial charge in [-0.3, -0.25) is 4.90 Å². The van der Waals surface area contributed by atoms with E-state index in [0.717, 1.165) is 42.2 Å². The fourth-order valence-electron chi connectivity index (χ4n) is 2.76. The van der Waals surface area contributed by atoms with Gasteiger partial charge in [-0.05, 0) is 29.8 Å². The lowest BCUT2D eigenvalue weighted by molar-refractivity contribution is 0.0345. The first-order valence-corrected chi connectivity index (χ1v) is 7.90. The molecule has 3 rings (SSSR count). The zero-order chi connectivity index (χ0) is 15.0. The summed E-state index contributed by atoms with van der Waals surface area (Å²) in [6.07, 6.45) is 5.63. The first kappa shape index (κ1) is 14.7. The van der Waals surface area contributed by atoms with E-state index in [-0.39, 0.29) is 0 Å². The van der Waals surface area contributed by atoms with Crippen LogP contribution in [0.4, 0.5) is 5.82 Å². The quantitative estimate of drug-likeness (QED) is 0.903. The molecule has 1 N–H and O–H groups in total. The van der Waals surface area contributed by atoms with Gasteiger partial charge in [0.2, 0.25) is 0 Å². The van der Waals surface area contributed by atoms with Gasteiger partial charge in [-0.25, -0.2) is 9.97 Å². The Morgan fingerprint density at radius 1 is 1.29 bits per heavy atom. The SMILES string of the molecule is CC(C)(O)CN1CCN(c2nc(Br)cn3ccnc23)CC1. The third-order valence-corrected chi connectivity index (χ3v) is 3.99. The molecule has 0 radical (unpaired) electrons. The van der Waals surface area contributed by atoms with E-state index >= 15 is 0 Å². The number of anilines is 1. The fraction of sp³-hybridized carbons (Fsp3) is 0.571. The Morgan fingerprint density at radius 2 is 2.00 bits per heavy atom. The molecule has 2 aromatic heterocycles. The van der Waals surface area contributed by atoms with Crippen molar-refractivity contribution in [2.75, 3.05) is 37.6 Å². The molecule has 0 atom stereocenters. The van der Waals surface area contributed by atoms with Gasteiger partial charge >= 0.3 is 0 Å². The molecule has 2 aromatic rings. The maximum atomic E-state index is 9.92. The summed E-state index contributed by atoms with van der Waals surface area (Å²) in [5.74, 6) is 0.914. The highest BCUT2D eigenvalue weighted by molar-refractivity contribution is 9.10. The molecular formula is C14H20BrN5O. The molecule has 0 unspecified atom stereocenters. The van der Waals surface area contributed by atoms with Crippen LogP contribution < -0.4 is 4.90 Å². The Bertz CT molecular complexity index is 628. The van der Waals surface area contributed by atoms with Gasteiger partial charge in [0, 0.05) is 51.3 Å². The maximum absolute atomic E-state index is 9.92. The number of aromatic nitrogens is 3. The van der Waals surface area contributed by atoms with Gasteiger partial charge in [0.1, 0.15) is 4.60 Å². The summed E-state index contributed by atoms with van der Waals surface area (Å²) in [5, 5.41) is 9.92.